The highest BCUT2D eigenvalue weighted by molar-refractivity contribution is 5.67. The van der Waals surface area contributed by atoms with Gasteiger partial charge in [-0.2, -0.15) is 0 Å². The van der Waals surface area contributed by atoms with Gasteiger partial charge >= 0.3 is 5.97 Å². The molecule has 0 aliphatic heterocycles. The first kappa shape index (κ1) is 18.8. The van der Waals surface area contributed by atoms with E-state index in [-0.39, 0.29) is 6.42 Å². The van der Waals surface area contributed by atoms with Crippen molar-refractivity contribution in [2.75, 3.05) is 13.2 Å². The molecule has 0 saturated carbocycles. The molecule has 0 bridgehead atoms. The lowest BCUT2D eigenvalue weighted by Gasteiger charge is -2.13. The van der Waals surface area contributed by atoms with Crippen LogP contribution in [0.5, 0.6) is 11.5 Å². The molecule has 0 aromatic heterocycles. The van der Waals surface area contributed by atoms with Gasteiger partial charge in [-0.25, -0.2) is 0 Å². The van der Waals surface area contributed by atoms with Gasteiger partial charge in [0.2, 0.25) is 0 Å². The Balaban J connectivity index is 1.75. The lowest BCUT2D eigenvalue weighted by molar-refractivity contribution is -0.136. The summed E-state index contributed by atoms with van der Waals surface area (Å²) < 4.78 is 11.4. The van der Waals surface area contributed by atoms with Crippen molar-refractivity contribution in [2.24, 2.45) is 0 Å². The van der Waals surface area contributed by atoms with Crippen LogP contribution in [-0.2, 0) is 11.2 Å². The van der Waals surface area contributed by atoms with Gasteiger partial charge in [0.1, 0.15) is 24.7 Å². The summed E-state index contributed by atoms with van der Waals surface area (Å²) in [5, 5.41) is 8.69. The number of rotatable bonds is 9. The van der Waals surface area contributed by atoms with E-state index in [0.717, 1.165) is 17.1 Å². The molecule has 0 unspecified atom stereocenters. The molecule has 4 heteroatoms. The Kier molecular flexibility index (Phi) is 6.87. The number of hydrogen-bond donors (Lipinski definition) is 1. The van der Waals surface area contributed by atoms with Crippen molar-refractivity contribution < 1.29 is 19.4 Å². The zero-order valence-electron chi connectivity index (χ0n) is 15.1. The minimum Gasteiger partial charge on any atom is -0.490 e. The SMILES string of the molecule is Cc1cc(OCCOc2ccc(CCC(=O)O)cc2)ccc1C(C)C. The van der Waals surface area contributed by atoms with E-state index in [2.05, 4.69) is 32.9 Å². The van der Waals surface area contributed by atoms with E-state index in [1.807, 2.05) is 30.3 Å². The van der Waals surface area contributed by atoms with E-state index in [1.54, 1.807) is 0 Å². The zero-order valence-corrected chi connectivity index (χ0v) is 15.1. The summed E-state index contributed by atoms with van der Waals surface area (Å²) in [6.45, 7) is 7.40. The molecule has 25 heavy (non-hydrogen) atoms. The number of hydrogen-bond acceptors (Lipinski definition) is 3. The quantitative estimate of drug-likeness (QED) is 0.677. The van der Waals surface area contributed by atoms with Crippen molar-refractivity contribution in [3.63, 3.8) is 0 Å². The van der Waals surface area contributed by atoms with Crippen molar-refractivity contribution >= 4 is 5.97 Å². The van der Waals surface area contributed by atoms with Gasteiger partial charge in [-0.05, 0) is 60.2 Å². The Morgan fingerprint density at radius 1 is 1.00 bits per heavy atom. The fourth-order valence-electron chi connectivity index (χ4n) is 2.71. The summed E-state index contributed by atoms with van der Waals surface area (Å²) >= 11 is 0. The smallest absolute Gasteiger partial charge is 0.303 e. The molecule has 0 radical (unpaired) electrons. The second-order valence-corrected chi connectivity index (χ2v) is 6.41. The van der Waals surface area contributed by atoms with Crippen LogP contribution in [0.1, 0.15) is 42.9 Å². The van der Waals surface area contributed by atoms with E-state index in [9.17, 15) is 4.79 Å². The van der Waals surface area contributed by atoms with Crippen LogP contribution in [0.15, 0.2) is 42.5 Å². The normalized spacial score (nSPS) is 10.7. The number of aryl methyl sites for hydroxylation is 2. The summed E-state index contributed by atoms with van der Waals surface area (Å²) in [6.07, 6.45) is 0.674. The highest BCUT2D eigenvalue weighted by Gasteiger charge is 2.05. The van der Waals surface area contributed by atoms with Crippen LogP contribution >= 0.6 is 0 Å². The fraction of sp³-hybridized carbons (Fsp3) is 0.381. The van der Waals surface area contributed by atoms with Crippen molar-refractivity contribution in [3.8, 4) is 11.5 Å². The third kappa shape index (κ3) is 6.14. The predicted molar refractivity (Wildman–Crippen MR) is 98.7 cm³/mol. The van der Waals surface area contributed by atoms with Crippen LogP contribution in [0.3, 0.4) is 0 Å². The van der Waals surface area contributed by atoms with Gasteiger partial charge in [-0.1, -0.05) is 32.0 Å². The third-order valence-electron chi connectivity index (χ3n) is 4.03. The van der Waals surface area contributed by atoms with Gasteiger partial charge in [0.15, 0.2) is 0 Å². The van der Waals surface area contributed by atoms with Crippen LogP contribution in [-0.4, -0.2) is 24.3 Å². The molecule has 0 saturated heterocycles. The van der Waals surface area contributed by atoms with Crippen molar-refractivity contribution in [3.05, 3.63) is 59.2 Å². The monoisotopic (exact) mass is 342 g/mol. The van der Waals surface area contributed by atoms with Gasteiger partial charge in [-0.3, -0.25) is 4.79 Å². The van der Waals surface area contributed by atoms with Crippen molar-refractivity contribution in [1.29, 1.82) is 0 Å². The molecular weight excluding hydrogens is 316 g/mol. The Bertz CT molecular complexity index is 690. The lowest BCUT2D eigenvalue weighted by atomic mass is 9.98. The zero-order chi connectivity index (χ0) is 18.2. The molecular formula is C21H26O4. The second kappa shape index (κ2) is 9.11. The molecule has 0 spiro atoms. The molecule has 0 aliphatic carbocycles. The highest BCUT2D eigenvalue weighted by atomic mass is 16.5. The summed E-state index contributed by atoms with van der Waals surface area (Å²) in [6, 6.07) is 13.7. The second-order valence-electron chi connectivity index (χ2n) is 6.41. The maximum absolute atomic E-state index is 10.6. The number of carbonyl (C=O) groups is 1. The molecule has 0 fully saturated rings. The summed E-state index contributed by atoms with van der Waals surface area (Å²) in [7, 11) is 0. The molecule has 0 atom stereocenters. The predicted octanol–water partition coefficient (Wildman–Crippen LogP) is 4.59. The topological polar surface area (TPSA) is 55.8 Å². The van der Waals surface area contributed by atoms with Gasteiger partial charge < -0.3 is 14.6 Å². The largest absolute Gasteiger partial charge is 0.490 e. The summed E-state index contributed by atoms with van der Waals surface area (Å²) in [4.78, 5) is 10.6. The Labute approximate surface area is 149 Å². The van der Waals surface area contributed by atoms with Crippen LogP contribution in [0.2, 0.25) is 0 Å². The maximum atomic E-state index is 10.6. The van der Waals surface area contributed by atoms with E-state index < -0.39 is 5.97 Å². The Hall–Kier alpha value is -2.49. The van der Waals surface area contributed by atoms with Crippen LogP contribution in [0, 0.1) is 6.92 Å². The average Bonchev–Trinajstić information content (AvgIpc) is 2.57. The van der Waals surface area contributed by atoms with Gasteiger partial charge in [0, 0.05) is 6.42 Å². The van der Waals surface area contributed by atoms with E-state index in [1.165, 1.54) is 11.1 Å². The third-order valence-corrected chi connectivity index (χ3v) is 4.03. The molecule has 4 nitrogen and oxygen atoms in total. The molecule has 134 valence electrons. The van der Waals surface area contributed by atoms with E-state index >= 15 is 0 Å². The number of benzene rings is 2. The van der Waals surface area contributed by atoms with Gasteiger partial charge in [0.25, 0.3) is 0 Å². The standard InChI is InChI=1S/C21H26O4/c1-15(2)20-10-9-19(14-16(20)3)25-13-12-24-18-7-4-17(5-8-18)6-11-21(22)23/h4-5,7-10,14-15H,6,11-13H2,1-3H3,(H,22,23). The van der Waals surface area contributed by atoms with Crippen LogP contribution < -0.4 is 9.47 Å². The van der Waals surface area contributed by atoms with Gasteiger partial charge in [-0.15, -0.1) is 0 Å². The first-order chi connectivity index (χ1) is 12.0. The number of ether oxygens (including phenoxy) is 2. The fourth-order valence-corrected chi connectivity index (χ4v) is 2.71. The molecule has 2 aromatic rings. The molecule has 0 heterocycles. The molecule has 0 aliphatic rings. The average molecular weight is 342 g/mol. The summed E-state index contributed by atoms with van der Waals surface area (Å²) in [5.74, 6) is 1.34. The molecule has 2 rings (SSSR count). The number of aliphatic carboxylic acids is 1. The number of carboxylic acids is 1. The maximum Gasteiger partial charge on any atom is 0.303 e. The molecule has 0 amide bonds. The molecule has 1 N–H and O–H groups in total. The highest BCUT2D eigenvalue weighted by Crippen LogP contribution is 2.23. The number of carboxylic acid groups (broad SMARTS) is 1. The minimum atomic E-state index is -0.783. The van der Waals surface area contributed by atoms with Crippen molar-refractivity contribution in [1.82, 2.24) is 0 Å². The lowest BCUT2D eigenvalue weighted by Crippen LogP contribution is -2.09. The molecule has 2 aromatic carbocycles. The van der Waals surface area contributed by atoms with E-state index in [4.69, 9.17) is 14.6 Å². The summed E-state index contributed by atoms with van der Waals surface area (Å²) in [5.41, 5.74) is 3.57. The van der Waals surface area contributed by atoms with E-state index in [0.29, 0.717) is 25.6 Å². The van der Waals surface area contributed by atoms with Crippen LogP contribution in [0.25, 0.3) is 0 Å². The Morgan fingerprint density at radius 3 is 2.16 bits per heavy atom. The minimum absolute atomic E-state index is 0.142. The van der Waals surface area contributed by atoms with Gasteiger partial charge in [0.05, 0.1) is 0 Å². The Morgan fingerprint density at radius 2 is 1.60 bits per heavy atom. The first-order valence-electron chi connectivity index (χ1n) is 8.62. The van der Waals surface area contributed by atoms with Crippen molar-refractivity contribution in [2.45, 2.75) is 39.5 Å². The van der Waals surface area contributed by atoms with Crippen LogP contribution in [0.4, 0.5) is 0 Å². The first-order valence-corrected chi connectivity index (χ1v) is 8.62.